The van der Waals surface area contributed by atoms with Gasteiger partial charge < -0.3 is 5.32 Å². The summed E-state index contributed by atoms with van der Waals surface area (Å²) in [7, 11) is 0. The Morgan fingerprint density at radius 2 is 1.74 bits per heavy atom. The summed E-state index contributed by atoms with van der Waals surface area (Å²) in [6.07, 6.45) is 12.1. The lowest BCUT2D eigenvalue weighted by Gasteiger charge is -2.24. The smallest absolute Gasteiger partial charge is 0.249 e. The van der Waals surface area contributed by atoms with Crippen molar-refractivity contribution in [3.63, 3.8) is 0 Å². The normalized spacial score (nSPS) is 17.9. The van der Waals surface area contributed by atoms with Crippen molar-refractivity contribution in [2.45, 2.75) is 57.0 Å². The Hall–Kier alpha value is -2.10. The fourth-order valence-corrected chi connectivity index (χ4v) is 3.37. The molecular formula is C19H25N3O. The molecule has 122 valence electrons. The number of aromatic nitrogens is 2. The average Bonchev–Trinajstić information content (AvgIpc) is 3.05. The lowest BCUT2D eigenvalue weighted by atomic mass is 9.96. The van der Waals surface area contributed by atoms with E-state index in [-0.39, 0.29) is 5.91 Å². The molecule has 0 aliphatic heterocycles. The molecule has 1 fully saturated rings. The van der Waals surface area contributed by atoms with Crippen molar-refractivity contribution >= 4 is 5.91 Å². The minimum atomic E-state index is -0.392. The van der Waals surface area contributed by atoms with Gasteiger partial charge in [0.05, 0.1) is 0 Å². The van der Waals surface area contributed by atoms with Crippen LogP contribution in [0.15, 0.2) is 48.8 Å². The molecule has 1 aliphatic rings. The third-order valence-electron chi connectivity index (χ3n) is 4.60. The number of amides is 1. The highest BCUT2D eigenvalue weighted by Gasteiger charge is 2.25. The first kappa shape index (κ1) is 15.8. The van der Waals surface area contributed by atoms with Gasteiger partial charge in [-0.15, -0.1) is 0 Å². The topological polar surface area (TPSA) is 46.9 Å². The van der Waals surface area contributed by atoms with E-state index in [1.165, 1.54) is 32.1 Å². The lowest BCUT2D eigenvalue weighted by Crippen LogP contribution is -2.40. The van der Waals surface area contributed by atoms with Crippen LogP contribution in [-0.2, 0) is 4.79 Å². The first-order chi connectivity index (χ1) is 11.3. The maximum Gasteiger partial charge on any atom is 0.249 e. The molecule has 1 amide bonds. The van der Waals surface area contributed by atoms with Crippen LogP contribution in [0, 0.1) is 0 Å². The Bertz CT molecular complexity index is 586. The second-order valence-electron chi connectivity index (χ2n) is 6.35. The average molecular weight is 311 g/mol. The molecule has 2 aromatic rings. The third kappa shape index (κ3) is 4.21. The van der Waals surface area contributed by atoms with Crippen molar-refractivity contribution in [1.29, 1.82) is 0 Å². The zero-order chi connectivity index (χ0) is 15.9. The predicted octanol–water partition coefficient (Wildman–Crippen LogP) is 3.70. The van der Waals surface area contributed by atoms with Crippen LogP contribution in [0.1, 0.15) is 56.6 Å². The van der Waals surface area contributed by atoms with Crippen LogP contribution in [0.25, 0.3) is 0 Å². The summed E-state index contributed by atoms with van der Waals surface area (Å²) in [6, 6.07) is 11.6. The highest BCUT2D eigenvalue weighted by molar-refractivity contribution is 5.83. The number of nitrogens with zero attached hydrogens (tertiary/aromatic N) is 2. The SMILES string of the molecule is O=C(NC1CCCCCCC1)C(c1ccccc1)n1cccn1. The zero-order valence-electron chi connectivity index (χ0n) is 13.5. The monoisotopic (exact) mass is 311 g/mol. The molecule has 0 radical (unpaired) electrons. The van der Waals surface area contributed by atoms with Crippen molar-refractivity contribution in [2.24, 2.45) is 0 Å². The van der Waals surface area contributed by atoms with E-state index in [0.717, 1.165) is 18.4 Å². The standard InChI is InChI=1S/C19H25N3O/c23-19(21-17-12-7-2-1-3-8-13-17)18(22-15-9-14-20-22)16-10-5-4-6-11-16/h4-6,9-11,14-15,17-18H,1-3,7-8,12-13H2,(H,21,23). The number of hydrogen-bond donors (Lipinski definition) is 1. The minimum absolute atomic E-state index is 0.0467. The van der Waals surface area contributed by atoms with Crippen LogP contribution in [0.2, 0.25) is 0 Å². The number of rotatable bonds is 4. The summed E-state index contributed by atoms with van der Waals surface area (Å²) in [5, 5.41) is 7.57. The summed E-state index contributed by atoms with van der Waals surface area (Å²) in [6.45, 7) is 0. The second-order valence-corrected chi connectivity index (χ2v) is 6.35. The summed E-state index contributed by atoms with van der Waals surface area (Å²) < 4.78 is 1.74. The molecule has 0 spiro atoms. The van der Waals surface area contributed by atoms with E-state index >= 15 is 0 Å². The van der Waals surface area contributed by atoms with Gasteiger partial charge in [0.25, 0.3) is 0 Å². The van der Waals surface area contributed by atoms with Gasteiger partial charge in [0, 0.05) is 18.4 Å². The number of nitrogens with one attached hydrogen (secondary N) is 1. The van der Waals surface area contributed by atoms with Gasteiger partial charge in [-0.25, -0.2) is 0 Å². The van der Waals surface area contributed by atoms with E-state index in [1.54, 1.807) is 10.9 Å². The largest absolute Gasteiger partial charge is 0.351 e. The molecule has 1 atom stereocenters. The molecule has 4 nitrogen and oxygen atoms in total. The van der Waals surface area contributed by atoms with E-state index in [0.29, 0.717) is 6.04 Å². The van der Waals surface area contributed by atoms with Crippen LogP contribution in [-0.4, -0.2) is 21.7 Å². The van der Waals surface area contributed by atoms with Gasteiger partial charge in [-0.2, -0.15) is 5.10 Å². The fourth-order valence-electron chi connectivity index (χ4n) is 3.37. The number of benzene rings is 1. The van der Waals surface area contributed by atoms with Crippen molar-refractivity contribution in [3.05, 3.63) is 54.4 Å². The van der Waals surface area contributed by atoms with E-state index in [4.69, 9.17) is 0 Å². The summed E-state index contributed by atoms with van der Waals surface area (Å²) in [5.41, 5.74) is 0.972. The number of carbonyl (C=O) groups is 1. The van der Waals surface area contributed by atoms with Gasteiger partial charge in [0.15, 0.2) is 6.04 Å². The maximum absolute atomic E-state index is 12.9. The second kappa shape index (κ2) is 7.95. The Kier molecular flexibility index (Phi) is 5.46. The molecule has 0 saturated heterocycles. The third-order valence-corrected chi connectivity index (χ3v) is 4.60. The van der Waals surface area contributed by atoms with E-state index in [9.17, 15) is 4.79 Å². The van der Waals surface area contributed by atoms with Gasteiger partial charge in [-0.3, -0.25) is 9.48 Å². The molecule has 1 heterocycles. The number of carbonyl (C=O) groups excluding carboxylic acids is 1. The fraction of sp³-hybridized carbons (Fsp3) is 0.474. The van der Waals surface area contributed by atoms with Crippen LogP contribution >= 0.6 is 0 Å². The van der Waals surface area contributed by atoms with Gasteiger partial charge >= 0.3 is 0 Å². The highest BCUT2D eigenvalue weighted by Crippen LogP contribution is 2.21. The first-order valence-electron chi connectivity index (χ1n) is 8.69. The van der Waals surface area contributed by atoms with Crippen molar-refractivity contribution in [2.75, 3.05) is 0 Å². The molecule has 23 heavy (non-hydrogen) atoms. The quantitative estimate of drug-likeness (QED) is 0.936. The molecule has 1 unspecified atom stereocenters. The molecule has 1 N–H and O–H groups in total. The van der Waals surface area contributed by atoms with Crippen LogP contribution < -0.4 is 5.32 Å². The van der Waals surface area contributed by atoms with Gasteiger partial charge in [0.2, 0.25) is 5.91 Å². The van der Waals surface area contributed by atoms with E-state index in [2.05, 4.69) is 10.4 Å². The van der Waals surface area contributed by atoms with Crippen LogP contribution in [0.3, 0.4) is 0 Å². The molecular weight excluding hydrogens is 286 g/mol. The summed E-state index contributed by atoms with van der Waals surface area (Å²) >= 11 is 0. The predicted molar refractivity (Wildman–Crippen MR) is 91.1 cm³/mol. The lowest BCUT2D eigenvalue weighted by molar-refractivity contribution is -0.124. The van der Waals surface area contributed by atoms with Crippen LogP contribution in [0.5, 0.6) is 0 Å². The molecule has 0 bridgehead atoms. The summed E-state index contributed by atoms with van der Waals surface area (Å²) in [5.74, 6) is 0.0467. The highest BCUT2D eigenvalue weighted by atomic mass is 16.2. The molecule has 3 rings (SSSR count). The molecule has 1 saturated carbocycles. The molecule has 4 heteroatoms. The van der Waals surface area contributed by atoms with E-state index < -0.39 is 6.04 Å². The van der Waals surface area contributed by atoms with Gasteiger partial charge in [-0.1, -0.05) is 62.4 Å². The maximum atomic E-state index is 12.9. The molecule has 1 aliphatic carbocycles. The molecule has 1 aromatic carbocycles. The minimum Gasteiger partial charge on any atom is -0.351 e. The number of hydrogen-bond acceptors (Lipinski definition) is 2. The Morgan fingerprint density at radius 1 is 1.04 bits per heavy atom. The summed E-state index contributed by atoms with van der Waals surface area (Å²) in [4.78, 5) is 12.9. The molecule has 1 aromatic heterocycles. The first-order valence-corrected chi connectivity index (χ1v) is 8.69. The Balaban J connectivity index is 1.75. The zero-order valence-corrected chi connectivity index (χ0v) is 13.5. The van der Waals surface area contributed by atoms with Crippen molar-refractivity contribution in [1.82, 2.24) is 15.1 Å². The Labute approximate surface area is 137 Å². The van der Waals surface area contributed by atoms with Crippen molar-refractivity contribution in [3.8, 4) is 0 Å². The van der Waals surface area contributed by atoms with Gasteiger partial charge in [-0.05, 0) is 24.5 Å². The van der Waals surface area contributed by atoms with Crippen molar-refractivity contribution < 1.29 is 4.79 Å². The van der Waals surface area contributed by atoms with Crippen LogP contribution in [0.4, 0.5) is 0 Å². The Morgan fingerprint density at radius 3 is 2.39 bits per heavy atom. The van der Waals surface area contributed by atoms with E-state index in [1.807, 2.05) is 42.6 Å². The van der Waals surface area contributed by atoms with Gasteiger partial charge in [0.1, 0.15) is 0 Å².